The van der Waals surface area contributed by atoms with Gasteiger partial charge in [-0.15, -0.1) is 11.3 Å². The smallest absolute Gasteiger partial charge is 0.289 e. The Balaban J connectivity index is 1.58. The van der Waals surface area contributed by atoms with E-state index >= 15 is 4.39 Å². The number of hydrogen-bond donors (Lipinski definition) is 0. The number of carbonyl (C=O) groups excluding carboxylic acids is 2. The van der Waals surface area contributed by atoms with Crippen molar-refractivity contribution in [1.82, 2.24) is 14.8 Å². The largest absolute Gasteiger partial charge is 0.451 e. The van der Waals surface area contributed by atoms with Gasteiger partial charge in [-0.25, -0.2) is 9.37 Å². The number of likely N-dealkylation sites (tertiary alicyclic amines) is 1. The third-order valence-corrected chi connectivity index (χ3v) is 6.93. The average Bonchev–Trinajstić information content (AvgIpc) is 3.48. The summed E-state index contributed by atoms with van der Waals surface area (Å²) in [6, 6.07) is 3.37. The Bertz CT molecular complexity index is 1120. The number of nitrogens with zero attached hydrogens (tertiary/aromatic N) is 3. The molecule has 3 aromatic rings. The molecule has 1 aliphatic heterocycles. The Morgan fingerprint density at radius 3 is 2.84 bits per heavy atom. The van der Waals surface area contributed by atoms with E-state index in [2.05, 4.69) is 4.98 Å². The lowest BCUT2D eigenvalue weighted by molar-refractivity contribution is -0.132. The predicted octanol–water partition coefficient (Wildman–Crippen LogP) is 4.63. The van der Waals surface area contributed by atoms with Gasteiger partial charge in [0.25, 0.3) is 5.91 Å². The van der Waals surface area contributed by atoms with E-state index in [1.165, 1.54) is 11.0 Å². The lowest BCUT2D eigenvalue weighted by Gasteiger charge is -2.33. The molecule has 1 aromatic carbocycles. The molecule has 0 bridgehead atoms. The quantitative estimate of drug-likeness (QED) is 0.541. The fourth-order valence-corrected chi connectivity index (χ4v) is 4.98. The molecule has 0 saturated carbocycles. The second-order valence-electron chi connectivity index (χ2n) is 8.45. The van der Waals surface area contributed by atoms with Gasteiger partial charge in [0.2, 0.25) is 5.91 Å². The average molecular weight is 458 g/mol. The van der Waals surface area contributed by atoms with E-state index in [4.69, 9.17) is 4.42 Å². The molecule has 0 spiro atoms. The Hall–Kier alpha value is -2.74. The van der Waals surface area contributed by atoms with Crippen molar-refractivity contribution < 1.29 is 18.4 Å². The Morgan fingerprint density at radius 2 is 2.16 bits per heavy atom. The zero-order chi connectivity index (χ0) is 22.8. The first kappa shape index (κ1) is 22.5. The number of furan rings is 1. The van der Waals surface area contributed by atoms with Crippen LogP contribution in [0.5, 0.6) is 0 Å². The second kappa shape index (κ2) is 9.40. The molecular weight excluding hydrogens is 429 g/mol. The Labute approximate surface area is 191 Å². The monoisotopic (exact) mass is 457 g/mol. The molecule has 8 heteroatoms. The van der Waals surface area contributed by atoms with Gasteiger partial charge >= 0.3 is 0 Å². The summed E-state index contributed by atoms with van der Waals surface area (Å²) in [6.45, 7) is 3.19. The van der Waals surface area contributed by atoms with Crippen molar-refractivity contribution in [3.05, 3.63) is 51.4 Å². The first-order valence-corrected chi connectivity index (χ1v) is 11.9. The highest BCUT2D eigenvalue weighted by Gasteiger charge is 2.29. The summed E-state index contributed by atoms with van der Waals surface area (Å²) in [5.74, 6) is -0.493. The van der Waals surface area contributed by atoms with Crippen molar-refractivity contribution in [3.63, 3.8) is 0 Å². The van der Waals surface area contributed by atoms with E-state index in [9.17, 15) is 9.59 Å². The molecule has 0 N–H and O–H groups in total. The number of benzene rings is 1. The summed E-state index contributed by atoms with van der Waals surface area (Å²) in [5, 5.41) is 3.21. The van der Waals surface area contributed by atoms with Gasteiger partial charge in [-0.1, -0.05) is 6.92 Å². The molecule has 2 aromatic heterocycles. The Morgan fingerprint density at radius 1 is 1.34 bits per heavy atom. The number of halogens is 1. The van der Waals surface area contributed by atoms with E-state index < -0.39 is 0 Å². The van der Waals surface area contributed by atoms with Gasteiger partial charge < -0.3 is 14.2 Å². The number of thiazole rings is 1. The Kier molecular flexibility index (Phi) is 6.60. The van der Waals surface area contributed by atoms with Gasteiger partial charge in [0.1, 0.15) is 11.4 Å². The minimum atomic E-state index is -0.346. The van der Waals surface area contributed by atoms with Gasteiger partial charge in [-0.05, 0) is 36.5 Å². The van der Waals surface area contributed by atoms with Crippen LogP contribution in [0.4, 0.5) is 4.39 Å². The van der Waals surface area contributed by atoms with Crippen LogP contribution in [0, 0.1) is 5.82 Å². The number of hydrogen-bond acceptors (Lipinski definition) is 5. The highest BCUT2D eigenvalue weighted by Crippen LogP contribution is 2.36. The molecule has 6 nitrogen and oxygen atoms in total. The van der Waals surface area contributed by atoms with Crippen molar-refractivity contribution in [1.29, 1.82) is 0 Å². The highest BCUT2D eigenvalue weighted by molar-refractivity contribution is 7.09. The maximum Gasteiger partial charge on any atom is 0.289 e. The summed E-state index contributed by atoms with van der Waals surface area (Å²) < 4.78 is 21.4. The van der Waals surface area contributed by atoms with Crippen molar-refractivity contribution in [3.8, 4) is 0 Å². The summed E-state index contributed by atoms with van der Waals surface area (Å²) in [4.78, 5) is 32.6. The van der Waals surface area contributed by atoms with Gasteiger partial charge in [0, 0.05) is 63.6 Å². The molecule has 1 fully saturated rings. The van der Waals surface area contributed by atoms with Crippen molar-refractivity contribution in [2.45, 2.75) is 44.9 Å². The zero-order valence-corrected chi connectivity index (χ0v) is 19.5. The first-order valence-electron chi connectivity index (χ1n) is 11.0. The van der Waals surface area contributed by atoms with Gasteiger partial charge in [-0.3, -0.25) is 9.59 Å². The van der Waals surface area contributed by atoms with Crippen molar-refractivity contribution in [2.24, 2.45) is 0 Å². The normalized spacial score (nSPS) is 16.5. The molecule has 0 radical (unpaired) electrons. The molecule has 0 aliphatic carbocycles. The van der Waals surface area contributed by atoms with Crippen LogP contribution in [0.3, 0.4) is 0 Å². The predicted molar refractivity (Wildman–Crippen MR) is 123 cm³/mol. The fraction of sp³-hybridized carbons (Fsp3) is 0.458. The summed E-state index contributed by atoms with van der Waals surface area (Å²) in [7, 11) is 3.28. The molecule has 1 unspecified atom stereocenters. The van der Waals surface area contributed by atoms with Crippen molar-refractivity contribution >= 4 is 34.1 Å². The number of piperidine rings is 1. The lowest BCUT2D eigenvalue weighted by atomic mass is 9.87. The molecule has 1 atom stereocenters. The fourth-order valence-electron chi connectivity index (χ4n) is 4.36. The number of aryl methyl sites for hydroxylation is 2. The number of fused-ring (bicyclic) bond motifs is 1. The minimum Gasteiger partial charge on any atom is -0.451 e. The molecule has 1 saturated heterocycles. The number of rotatable bonds is 6. The molecule has 32 heavy (non-hydrogen) atoms. The van der Waals surface area contributed by atoms with E-state index in [0.29, 0.717) is 48.9 Å². The van der Waals surface area contributed by atoms with E-state index in [-0.39, 0.29) is 29.3 Å². The minimum absolute atomic E-state index is 0.0786. The zero-order valence-electron chi connectivity index (χ0n) is 18.7. The summed E-state index contributed by atoms with van der Waals surface area (Å²) >= 11 is 1.55. The van der Waals surface area contributed by atoms with Crippen LogP contribution in [0.2, 0.25) is 0 Å². The topological polar surface area (TPSA) is 66.7 Å². The van der Waals surface area contributed by atoms with Crippen LogP contribution >= 0.6 is 11.3 Å². The van der Waals surface area contributed by atoms with Crippen LogP contribution in [0.25, 0.3) is 11.0 Å². The molecule has 4 rings (SSSR count). The van der Waals surface area contributed by atoms with Crippen LogP contribution < -0.4 is 0 Å². The standard InChI is InChI=1S/C24H28FN3O3S/c1-4-15-12-17(22(25)18-13-19(31-23(15)18)24(30)27(2)3)16-6-5-10-28(14-16)21(29)8-7-20-26-9-11-32-20/h9,11-13,16H,4-8,10,14H2,1-3H3. The van der Waals surface area contributed by atoms with Gasteiger partial charge in [0.15, 0.2) is 5.76 Å². The first-order chi connectivity index (χ1) is 15.4. The molecule has 3 heterocycles. The number of amides is 2. The van der Waals surface area contributed by atoms with Gasteiger partial charge in [0.05, 0.1) is 10.4 Å². The number of aromatic nitrogens is 1. The number of carbonyl (C=O) groups is 2. The van der Waals surface area contributed by atoms with Crippen LogP contribution in [0.1, 0.15) is 58.8 Å². The molecule has 1 aliphatic rings. The van der Waals surface area contributed by atoms with E-state index in [0.717, 1.165) is 23.4 Å². The molecule has 2 amide bonds. The second-order valence-corrected chi connectivity index (χ2v) is 9.43. The van der Waals surface area contributed by atoms with Crippen molar-refractivity contribution in [2.75, 3.05) is 27.2 Å². The molecule has 170 valence electrons. The highest BCUT2D eigenvalue weighted by atomic mass is 32.1. The maximum absolute atomic E-state index is 15.6. The summed E-state index contributed by atoms with van der Waals surface area (Å²) in [5.41, 5.74) is 1.92. The summed E-state index contributed by atoms with van der Waals surface area (Å²) in [6.07, 6.45) is 5.12. The molecular formula is C24H28FN3O3S. The van der Waals surface area contributed by atoms with E-state index in [1.807, 2.05) is 23.3 Å². The van der Waals surface area contributed by atoms with Crippen LogP contribution in [-0.4, -0.2) is 53.8 Å². The SMILES string of the molecule is CCc1cc(C2CCCN(C(=O)CCc3nccs3)C2)c(F)c2cc(C(=O)N(C)C)oc12. The van der Waals surface area contributed by atoms with Crippen LogP contribution in [0.15, 0.2) is 28.1 Å². The van der Waals surface area contributed by atoms with E-state index in [1.54, 1.807) is 31.6 Å². The maximum atomic E-state index is 15.6. The third kappa shape index (κ3) is 4.41. The lowest BCUT2D eigenvalue weighted by Crippen LogP contribution is -2.39. The third-order valence-electron chi connectivity index (χ3n) is 6.09. The van der Waals surface area contributed by atoms with Crippen LogP contribution in [-0.2, 0) is 17.6 Å². The van der Waals surface area contributed by atoms with Gasteiger partial charge in [-0.2, -0.15) is 0 Å².